The zero-order chi connectivity index (χ0) is 15.4. The van der Waals surface area contributed by atoms with E-state index in [2.05, 4.69) is 15.9 Å². The number of carbonyl (C=O) groups is 1. The Labute approximate surface area is 136 Å². The van der Waals surface area contributed by atoms with E-state index in [4.69, 9.17) is 11.6 Å². The van der Waals surface area contributed by atoms with Crippen LogP contribution in [0.15, 0.2) is 46.9 Å². The van der Waals surface area contributed by atoms with E-state index >= 15 is 0 Å². The van der Waals surface area contributed by atoms with E-state index in [0.29, 0.717) is 28.1 Å². The Morgan fingerprint density at radius 2 is 2.05 bits per heavy atom. The zero-order valence-electron chi connectivity index (χ0n) is 11.4. The highest BCUT2D eigenvalue weighted by molar-refractivity contribution is 9.10. The molecule has 1 amide bonds. The fraction of sp³-hybridized carbons (Fsp3) is 0.188. The second kappa shape index (κ2) is 7.05. The van der Waals surface area contributed by atoms with Gasteiger partial charge in [0.1, 0.15) is 5.82 Å². The van der Waals surface area contributed by atoms with Gasteiger partial charge in [-0.3, -0.25) is 4.79 Å². The Kier molecular flexibility index (Phi) is 5.37. The molecular weight excluding hydrogens is 357 g/mol. The van der Waals surface area contributed by atoms with Crippen LogP contribution in [0.4, 0.5) is 4.39 Å². The van der Waals surface area contributed by atoms with Gasteiger partial charge in [-0.05, 0) is 58.7 Å². The lowest BCUT2D eigenvalue weighted by Crippen LogP contribution is -2.30. The lowest BCUT2D eigenvalue weighted by atomic mass is 10.1. The van der Waals surface area contributed by atoms with Crippen LogP contribution in [0.3, 0.4) is 0 Å². The van der Waals surface area contributed by atoms with Crippen molar-refractivity contribution in [3.05, 3.63) is 68.9 Å². The summed E-state index contributed by atoms with van der Waals surface area (Å²) in [5.74, 6) is -0.422. The quantitative estimate of drug-likeness (QED) is 0.749. The summed E-state index contributed by atoms with van der Waals surface area (Å²) in [6, 6.07) is 11.3. The number of benzene rings is 2. The number of halogens is 3. The Morgan fingerprint density at radius 1 is 1.29 bits per heavy atom. The number of nitrogens with zero attached hydrogens (tertiary/aromatic N) is 1. The van der Waals surface area contributed by atoms with Crippen LogP contribution < -0.4 is 0 Å². The van der Waals surface area contributed by atoms with E-state index in [0.717, 1.165) is 5.56 Å². The third kappa shape index (κ3) is 4.05. The molecule has 0 aliphatic rings. The minimum atomic E-state index is -0.302. The molecule has 0 spiro atoms. The highest BCUT2D eigenvalue weighted by Gasteiger charge is 2.17. The van der Waals surface area contributed by atoms with E-state index in [1.807, 2.05) is 6.92 Å². The second-order valence-electron chi connectivity index (χ2n) is 4.57. The third-order valence-electron chi connectivity index (χ3n) is 3.09. The topological polar surface area (TPSA) is 20.3 Å². The Morgan fingerprint density at radius 3 is 2.67 bits per heavy atom. The highest BCUT2D eigenvalue weighted by Crippen LogP contribution is 2.23. The molecule has 0 saturated heterocycles. The summed E-state index contributed by atoms with van der Waals surface area (Å²) in [5, 5.41) is 0.562. The summed E-state index contributed by atoms with van der Waals surface area (Å²) in [4.78, 5) is 14.2. The molecule has 2 nitrogen and oxygen atoms in total. The first-order chi connectivity index (χ1) is 10.0. The van der Waals surface area contributed by atoms with E-state index in [1.54, 1.807) is 35.2 Å². The van der Waals surface area contributed by atoms with Crippen LogP contribution in [0, 0.1) is 5.82 Å². The Balaban J connectivity index is 2.22. The van der Waals surface area contributed by atoms with Crippen molar-refractivity contribution in [3.63, 3.8) is 0 Å². The average molecular weight is 371 g/mol. The molecule has 0 fully saturated rings. The number of hydrogen-bond donors (Lipinski definition) is 0. The van der Waals surface area contributed by atoms with Gasteiger partial charge >= 0.3 is 0 Å². The van der Waals surface area contributed by atoms with Crippen molar-refractivity contribution in [2.24, 2.45) is 0 Å². The lowest BCUT2D eigenvalue weighted by Gasteiger charge is -2.21. The van der Waals surface area contributed by atoms with Gasteiger partial charge in [-0.2, -0.15) is 0 Å². The number of amides is 1. The molecule has 0 aromatic heterocycles. The summed E-state index contributed by atoms with van der Waals surface area (Å²) in [6.07, 6.45) is 0. The van der Waals surface area contributed by atoms with Gasteiger partial charge < -0.3 is 4.90 Å². The maximum atomic E-state index is 13.2. The van der Waals surface area contributed by atoms with Crippen molar-refractivity contribution >= 4 is 33.4 Å². The standard InChI is InChI=1S/C16H14BrClFNO/c1-2-20(10-11-4-3-5-13(19)8-11)16(21)14-7-6-12(18)9-15(14)17/h3-9H,2,10H2,1H3. The SMILES string of the molecule is CCN(Cc1cccc(F)c1)C(=O)c1ccc(Cl)cc1Br. The largest absolute Gasteiger partial charge is 0.335 e. The summed E-state index contributed by atoms with van der Waals surface area (Å²) in [6.45, 7) is 2.79. The van der Waals surface area contributed by atoms with Crippen molar-refractivity contribution in [2.75, 3.05) is 6.54 Å². The molecule has 0 bridgehead atoms. The minimum Gasteiger partial charge on any atom is -0.335 e. The highest BCUT2D eigenvalue weighted by atomic mass is 79.9. The molecule has 0 atom stereocenters. The van der Waals surface area contributed by atoms with Crippen LogP contribution >= 0.6 is 27.5 Å². The molecule has 2 rings (SSSR count). The molecular formula is C16H14BrClFNO. The Hall–Kier alpha value is -1.39. The summed E-state index contributed by atoms with van der Waals surface area (Å²) in [5.41, 5.74) is 1.30. The monoisotopic (exact) mass is 369 g/mol. The van der Waals surface area contributed by atoms with Gasteiger partial charge in [-0.1, -0.05) is 23.7 Å². The maximum Gasteiger partial charge on any atom is 0.255 e. The first-order valence-corrected chi connectivity index (χ1v) is 7.67. The van der Waals surface area contributed by atoms with Crippen LogP contribution in [0.2, 0.25) is 5.02 Å². The van der Waals surface area contributed by atoms with Crippen molar-refractivity contribution in [3.8, 4) is 0 Å². The molecule has 110 valence electrons. The summed E-state index contributed by atoms with van der Waals surface area (Å²) < 4.78 is 13.9. The molecule has 0 aliphatic heterocycles. The van der Waals surface area contributed by atoms with Crippen LogP contribution in [-0.2, 0) is 6.54 Å². The molecule has 2 aromatic rings. The predicted molar refractivity (Wildman–Crippen MR) is 86.0 cm³/mol. The van der Waals surface area contributed by atoms with Crippen LogP contribution in [0.5, 0.6) is 0 Å². The maximum absolute atomic E-state index is 13.2. The van der Waals surface area contributed by atoms with Gasteiger partial charge in [0.2, 0.25) is 0 Å². The van der Waals surface area contributed by atoms with Crippen molar-refractivity contribution < 1.29 is 9.18 Å². The molecule has 21 heavy (non-hydrogen) atoms. The third-order valence-corrected chi connectivity index (χ3v) is 3.98. The molecule has 0 heterocycles. The van der Waals surface area contributed by atoms with Gasteiger partial charge in [0.25, 0.3) is 5.91 Å². The van der Waals surface area contributed by atoms with Crippen molar-refractivity contribution in [1.82, 2.24) is 4.90 Å². The Bertz CT molecular complexity index is 662. The van der Waals surface area contributed by atoms with E-state index in [9.17, 15) is 9.18 Å². The van der Waals surface area contributed by atoms with Gasteiger partial charge in [-0.15, -0.1) is 0 Å². The molecule has 0 radical (unpaired) electrons. The summed E-state index contributed by atoms with van der Waals surface area (Å²) >= 11 is 9.24. The van der Waals surface area contributed by atoms with Crippen LogP contribution in [0.25, 0.3) is 0 Å². The molecule has 5 heteroatoms. The van der Waals surface area contributed by atoms with E-state index in [1.165, 1.54) is 12.1 Å². The molecule has 0 unspecified atom stereocenters. The first kappa shape index (κ1) is 16.0. The van der Waals surface area contributed by atoms with Crippen molar-refractivity contribution in [2.45, 2.75) is 13.5 Å². The number of rotatable bonds is 4. The van der Waals surface area contributed by atoms with E-state index in [-0.39, 0.29) is 11.7 Å². The van der Waals surface area contributed by atoms with Gasteiger partial charge in [-0.25, -0.2) is 4.39 Å². The second-order valence-corrected chi connectivity index (χ2v) is 5.86. The predicted octanol–water partition coefficient (Wildman–Crippen LogP) is 4.90. The number of hydrogen-bond acceptors (Lipinski definition) is 1. The molecule has 0 saturated carbocycles. The molecule has 2 aromatic carbocycles. The van der Waals surface area contributed by atoms with Gasteiger partial charge in [0.05, 0.1) is 5.56 Å². The lowest BCUT2D eigenvalue weighted by molar-refractivity contribution is 0.0751. The zero-order valence-corrected chi connectivity index (χ0v) is 13.8. The van der Waals surface area contributed by atoms with Gasteiger partial charge in [0.15, 0.2) is 0 Å². The fourth-order valence-corrected chi connectivity index (χ4v) is 2.87. The normalized spacial score (nSPS) is 10.5. The molecule has 0 N–H and O–H groups in total. The van der Waals surface area contributed by atoms with Crippen LogP contribution in [0.1, 0.15) is 22.8 Å². The van der Waals surface area contributed by atoms with Gasteiger partial charge in [0, 0.05) is 22.6 Å². The number of carbonyl (C=O) groups excluding carboxylic acids is 1. The fourth-order valence-electron chi connectivity index (χ4n) is 2.02. The van der Waals surface area contributed by atoms with Crippen LogP contribution in [-0.4, -0.2) is 17.4 Å². The summed E-state index contributed by atoms with van der Waals surface area (Å²) in [7, 11) is 0. The smallest absolute Gasteiger partial charge is 0.255 e. The average Bonchev–Trinajstić information content (AvgIpc) is 2.44. The van der Waals surface area contributed by atoms with E-state index < -0.39 is 0 Å². The van der Waals surface area contributed by atoms with Crippen molar-refractivity contribution in [1.29, 1.82) is 0 Å². The first-order valence-electron chi connectivity index (χ1n) is 6.50. The minimum absolute atomic E-state index is 0.120. The molecule has 0 aliphatic carbocycles.